The molecule has 0 radical (unpaired) electrons. The van der Waals surface area contributed by atoms with Gasteiger partial charge in [0.25, 0.3) is 0 Å². The Labute approximate surface area is 172 Å². The number of aromatic amines is 1. The average molecular weight is 394 g/mol. The number of ether oxygens (including phenoxy) is 1. The molecule has 1 saturated heterocycles. The fourth-order valence-corrected chi connectivity index (χ4v) is 3.93. The van der Waals surface area contributed by atoms with Crippen molar-refractivity contribution in [1.82, 2.24) is 24.9 Å². The van der Waals surface area contributed by atoms with Crippen LogP contribution in [0, 0.1) is 6.92 Å². The molecule has 0 aliphatic carbocycles. The average Bonchev–Trinajstić information content (AvgIpc) is 3.44. The molecule has 1 unspecified atom stereocenters. The van der Waals surface area contributed by atoms with Gasteiger partial charge in [-0.3, -0.25) is 14.7 Å². The van der Waals surface area contributed by atoms with Gasteiger partial charge in [0.2, 0.25) is 0 Å². The lowest BCUT2D eigenvalue weighted by Gasteiger charge is -2.15. The molecular formula is C23H31N5O. The molecule has 1 aromatic carbocycles. The number of benzene rings is 1. The lowest BCUT2D eigenvalue weighted by molar-refractivity contribution is 0.301. The van der Waals surface area contributed by atoms with Gasteiger partial charge in [0, 0.05) is 37.3 Å². The molecule has 4 rings (SSSR count). The van der Waals surface area contributed by atoms with Gasteiger partial charge >= 0.3 is 0 Å². The topological polar surface area (TPSA) is 59.0 Å². The molecule has 3 heterocycles. The molecule has 3 aromatic rings. The Hall–Kier alpha value is -2.60. The van der Waals surface area contributed by atoms with E-state index in [1.165, 1.54) is 16.8 Å². The minimum Gasteiger partial charge on any atom is -0.487 e. The standard InChI is InChI=1S/C23H31N5O/c1-16(2)18-5-7-22(8-6-18)29-15-21-11-23(26-25-21)19-9-10-28(13-19)14-20-12-24-27(4)17(20)3/h5-8,11-12,16,19H,9-10,13-15H2,1-4H3,(H,25,26). The number of hydrogen-bond acceptors (Lipinski definition) is 4. The van der Waals surface area contributed by atoms with Crippen molar-refractivity contribution in [3.63, 3.8) is 0 Å². The van der Waals surface area contributed by atoms with Crippen LogP contribution in [0.5, 0.6) is 5.75 Å². The molecule has 6 heteroatoms. The Morgan fingerprint density at radius 1 is 1.24 bits per heavy atom. The molecule has 6 nitrogen and oxygen atoms in total. The predicted octanol–water partition coefficient (Wildman–Crippen LogP) is 4.14. The van der Waals surface area contributed by atoms with Crippen LogP contribution in [0.2, 0.25) is 0 Å². The maximum atomic E-state index is 5.93. The lowest BCUT2D eigenvalue weighted by atomic mass is 10.0. The van der Waals surface area contributed by atoms with Gasteiger partial charge in [0.15, 0.2) is 0 Å². The fourth-order valence-electron chi connectivity index (χ4n) is 3.93. The number of aryl methyl sites for hydroxylation is 1. The van der Waals surface area contributed by atoms with Crippen molar-refractivity contribution in [2.24, 2.45) is 7.05 Å². The summed E-state index contributed by atoms with van der Waals surface area (Å²) in [7, 11) is 2.00. The van der Waals surface area contributed by atoms with E-state index in [9.17, 15) is 0 Å². The number of rotatable bonds is 7. The first-order chi connectivity index (χ1) is 14.0. The van der Waals surface area contributed by atoms with E-state index in [2.05, 4.69) is 59.2 Å². The lowest BCUT2D eigenvalue weighted by Crippen LogP contribution is -2.20. The third-order valence-electron chi connectivity index (χ3n) is 6.01. The number of H-pyrrole nitrogens is 1. The summed E-state index contributed by atoms with van der Waals surface area (Å²) in [6.07, 6.45) is 3.13. The normalized spacial score (nSPS) is 17.3. The summed E-state index contributed by atoms with van der Waals surface area (Å²) in [4.78, 5) is 2.50. The predicted molar refractivity (Wildman–Crippen MR) is 114 cm³/mol. The molecule has 29 heavy (non-hydrogen) atoms. The Kier molecular flexibility index (Phi) is 5.72. The summed E-state index contributed by atoms with van der Waals surface area (Å²) in [5.74, 6) is 1.90. The van der Waals surface area contributed by atoms with Crippen molar-refractivity contribution in [3.8, 4) is 5.75 Å². The van der Waals surface area contributed by atoms with Crippen molar-refractivity contribution in [2.45, 2.75) is 52.2 Å². The summed E-state index contributed by atoms with van der Waals surface area (Å²) in [5, 5.41) is 12.1. The largest absolute Gasteiger partial charge is 0.487 e. The highest BCUT2D eigenvalue weighted by Crippen LogP contribution is 2.28. The van der Waals surface area contributed by atoms with Gasteiger partial charge in [-0.05, 0) is 49.6 Å². The minimum atomic E-state index is 0.474. The van der Waals surface area contributed by atoms with Gasteiger partial charge in [-0.15, -0.1) is 0 Å². The second-order valence-electron chi connectivity index (χ2n) is 8.43. The molecule has 0 bridgehead atoms. The molecule has 0 spiro atoms. The van der Waals surface area contributed by atoms with E-state index in [4.69, 9.17) is 4.74 Å². The minimum absolute atomic E-state index is 0.474. The molecule has 2 aromatic heterocycles. The SMILES string of the molecule is Cc1c(CN2CCC(c3cc(COc4ccc(C(C)C)cc4)[nH]n3)C2)cnn1C. The van der Waals surface area contributed by atoms with Gasteiger partial charge < -0.3 is 4.74 Å². The maximum absolute atomic E-state index is 5.93. The number of hydrogen-bond donors (Lipinski definition) is 1. The van der Waals surface area contributed by atoms with Crippen LogP contribution in [-0.4, -0.2) is 38.0 Å². The Morgan fingerprint density at radius 3 is 2.72 bits per heavy atom. The monoisotopic (exact) mass is 393 g/mol. The number of nitrogens with one attached hydrogen (secondary N) is 1. The molecular weight excluding hydrogens is 362 g/mol. The Bertz CT molecular complexity index is 941. The quantitative estimate of drug-likeness (QED) is 0.655. The van der Waals surface area contributed by atoms with Crippen LogP contribution in [0.3, 0.4) is 0 Å². The second-order valence-corrected chi connectivity index (χ2v) is 8.43. The van der Waals surface area contributed by atoms with Crippen molar-refractivity contribution in [1.29, 1.82) is 0 Å². The highest BCUT2D eigenvalue weighted by atomic mass is 16.5. The molecule has 1 atom stereocenters. The third-order valence-corrected chi connectivity index (χ3v) is 6.01. The van der Waals surface area contributed by atoms with E-state index in [0.29, 0.717) is 18.4 Å². The van der Waals surface area contributed by atoms with Gasteiger partial charge in [0.05, 0.1) is 17.6 Å². The summed E-state index contributed by atoms with van der Waals surface area (Å²) in [6.45, 7) is 10.1. The van der Waals surface area contributed by atoms with E-state index in [-0.39, 0.29) is 0 Å². The van der Waals surface area contributed by atoms with E-state index in [1.807, 2.05) is 30.1 Å². The summed E-state index contributed by atoms with van der Waals surface area (Å²) >= 11 is 0. The van der Waals surface area contributed by atoms with Gasteiger partial charge in [-0.2, -0.15) is 10.2 Å². The summed E-state index contributed by atoms with van der Waals surface area (Å²) in [5.41, 5.74) is 6.05. The van der Waals surface area contributed by atoms with E-state index in [1.54, 1.807) is 0 Å². The first kappa shape index (κ1) is 19.7. The van der Waals surface area contributed by atoms with Crippen LogP contribution in [0.15, 0.2) is 36.5 Å². The highest BCUT2D eigenvalue weighted by Gasteiger charge is 2.26. The molecule has 0 saturated carbocycles. The van der Waals surface area contributed by atoms with E-state index < -0.39 is 0 Å². The van der Waals surface area contributed by atoms with Gasteiger partial charge in [0.1, 0.15) is 12.4 Å². The fraction of sp³-hybridized carbons (Fsp3) is 0.478. The molecule has 1 aliphatic rings. The van der Waals surface area contributed by atoms with Crippen LogP contribution in [-0.2, 0) is 20.2 Å². The van der Waals surface area contributed by atoms with Crippen molar-refractivity contribution >= 4 is 0 Å². The zero-order valence-corrected chi connectivity index (χ0v) is 17.9. The van der Waals surface area contributed by atoms with Crippen molar-refractivity contribution < 1.29 is 4.74 Å². The molecule has 1 N–H and O–H groups in total. The molecule has 154 valence electrons. The van der Waals surface area contributed by atoms with E-state index >= 15 is 0 Å². The second kappa shape index (κ2) is 8.41. The van der Waals surface area contributed by atoms with Crippen LogP contribution in [0.4, 0.5) is 0 Å². The van der Waals surface area contributed by atoms with Crippen LogP contribution >= 0.6 is 0 Å². The zero-order chi connectivity index (χ0) is 20.4. The van der Waals surface area contributed by atoms with Gasteiger partial charge in [-0.25, -0.2) is 0 Å². The molecule has 1 fully saturated rings. The Morgan fingerprint density at radius 2 is 2.03 bits per heavy atom. The maximum Gasteiger partial charge on any atom is 0.130 e. The summed E-state index contributed by atoms with van der Waals surface area (Å²) in [6, 6.07) is 10.5. The van der Waals surface area contributed by atoms with Crippen LogP contribution in [0.25, 0.3) is 0 Å². The summed E-state index contributed by atoms with van der Waals surface area (Å²) < 4.78 is 7.87. The highest BCUT2D eigenvalue weighted by molar-refractivity contribution is 5.29. The first-order valence-corrected chi connectivity index (χ1v) is 10.5. The number of aromatic nitrogens is 4. The van der Waals surface area contributed by atoms with Crippen LogP contribution in [0.1, 0.15) is 60.3 Å². The van der Waals surface area contributed by atoms with Crippen LogP contribution < -0.4 is 4.74 Å². The third kappa shape index (κ3) is 4.53. The Balaban J connectivity index is 1.30. The number of nitrogens with zero attached hydrogens (tertiary/aromatic N) is 4. The smallest absolute Gasteiger partial charge is 0.130 e. The van der Waals surface area contributed by atoms with Crippen molar-refractivity contribution in [2.75, 3.05) is 13.1 Å². The molecule has 1 aliphatic heterocycles. The zero-order valence-electron chi connectivity index (χ0n) is 17.9. The van der Waals surface area contributed by atoms with E-state index in [0.717, 1.165) is 43.2 Å². The number of likely N-dealkylation sites (tertiary alicyclic amines) is 1. The molecule has 0 amide bonds. The van der Waals surface area contributed by atoms with Crippen molar-refractivity contribution in [3.05, 3.63) is 64.7 Å². The van der Waals surface area contributed by atoms with Gasteiger partial charge in [-0.1, -0.05) is 26.0 Å². The first-order valence-electron chi connectivity index (χ1n) is 10.5.